The second-order valence-corrected chi connectivity index (χ2v) is 19.8. The molecule has 5 fully saturated rings. The number of carbonyl (C=O) groups excluding carboxylic acids is 5. The number of aromatic nitrogens is 4. The van der Waals surface area contributed by atoms with E-state index in [0.717, 1.165) is 155 Å². The summed E-state index contributed by atoms with van der Waals surface area (Å²) in [5.74, 6) is 1.17. The fourth-order valence-corrected chi connectivity index (χ4v) is 11.8. The average Bonchev–Trinajstić information content (AvgIpc) is 3.89. The van der Waals surface area contributed by atoms with Crippen LogP contribution >= 0.6 is 0 Å². The molecular formula is C52H59N11O6. The predicted octanol–water partition coefficient (Wildman–Crippen LogP) is 6.51. The van der Waals surface area contributed by atoms with Gasteiger partial charge in [0.05, 0.1) is 22.6 Å². The molecule has 2 atom stereocenters. The summed E-state index contributed by atoms with van der Waals surface area (Å²) in [5.41, 5.74) is 10.5. The number of hydrogen-bond donors (Lipinski definition) is 2. The topological polar surface area (TPSA) is 192 Å². The minimum Gasteiger partial charge on any atom is -0.457 e. The molecule has 5 saturated heterocycles. The number of nitrogens with zero attached hydrogens (tertiary/aromatic N) is 9. The second-order valence-electron chi connectivity index (χ2n) is 19.8. The van der Waals surface area contributed by atoms with Crippen molar-refractivity contribution in [3.05, 3.63) is 90.3 Å². The summed E-state index contributed by atoms with van der Waals surface area (Å²) in [4.78, 5) is 83.8. The number of nitrogen functional groups attached to an aromatic ring is 1. The molecule has 6 aliphatic rings. The summed E-state index contributed by atoms with van der Waals surface area (Å²) < 4.78 is 8.11. The lowest BCUT2D eigenvalue weighted by Gasteiger charge is -2.44. The van der Waals surface area contributed by atoms with E-state index >= 15 is 0 Å². The molecule has 2 unspecified atom stereocenters. The fraction of sp³-hybridized carbons (Fsp3) is 0.462. The molecule has 0 radical (unpaired) electrons. The lowest BCUT2D eigenvalue weighted by Crippen LogP contribution is -2.54. The molecular weight excluding hydrogens is 875 g/mol. The highest BCUT2D eigenvalue weighted by Gasteiger charge is 2.45. The van der Waals surface area contributed by atoms with Crippen LogP contribution in [-0.4, -0.2) is 133 Å². The van der Waals surface area contributed by atoms with Crippen molar-refractivity contribution in [1.29, 1.82) is 0 Å². The summed E-state index contributed by atoms with van der Waals surface area (Å²) in [7, 11) is 0. The SMILES string of the molecule is Nc1ncnc2c1c(-c1ccc(Oc3ccccc3)cc1)nn2C1CCCN(C2CCN(C(=O)N3CCC(CC4CCN(c5ccc6c(c5)C(=O)N(C5CCC(=O)NC5=O)C6=O)CC4)CC3)CC2)C1. The third-order valence-corrected chi connectivity index (χ3v) is 15.6. The number of rotatable bonds is 9. The van der Waals surface area contributed by atoms with E-state index in [-0.39, 0.29) is 30.8 Å². The van der Waals surface area contributed by atoms with Gasteiger partial charge in [-0.15, -0.1) is 0 Å². The first-order valence-electron chi connectivity index (χ1n) is 24.9. The molecule has 2 aromatic heterocycles. The minimum atomic E-state index is -0.972. The number of imide groups is 2. The Morgan fingerprint density at radius 1 is 0.710 bits per heavy atom. The van der Waals surface area contributed by atoms with E-state index in [1.807, 2.05) is 60.7 Å². The molecule has 6 aliphatic heterocycles. The van der Waals surface area contributed by atoms with E-state index < -0.39 is 23.8 Å². The first-order chi connectivity index (χ1) is 33.6. The quantitative estimate of drug-likeness (QED) is 0.153. The molecule has 358 valence electrons. The van der Waals surface area contributed by atoms with Gasteiger partial charge in [-0.05, 0) is 137 Å². The molecule has 0 spiro atoms. The number of ether oxygens (including phenoxy) is 1. The number of nitrogens with two attached hydrogens (primary N) is 1. The number of para-hydroxylation sites is 1. The Balaban J connectivity index is 0.639. The van der Waals surface area contributed by atoms with Crippen molar-refractivity contribution in [3.8, 4) is 22.8 Å². The van der Waals surface area contributed by atoms with Crippen LogP contribution in [0.3, 0.4) is 0 Å². The maximum absolute atomic E-state index is 13.9. The third kappa shape index (κ3) is 8.88. The fourth-order valence-electron chi connectivity index (χ4n) is 11.8. The molecule has 3 N–H and O–H groups in total. The van der Waals surface area contributed by atoms with E-state index in [1.54, 1.807) is 12.1 Å². The first kappa shape index (κ1) is 44.6. The molecule has 8 heterocycles. The Hall–Kier alpha value is -6.88. The van der Waals surface area contributed by atoms with Crippen LogP contribution < -0.4 is 20.7 Å². The number of carbonyl (C=O) groups is 5. The van der Waals surface area contributed by atoms with Gasteiger partial charge in [-0.2, -0.15) is 5.10 Å². The number of fused-ring (bicyclic) bond motifs is 2. The summed E-state index contributed by atoms with van der Waals surface area (Å²) in [5, 5.41) is 8.20. The number of nitrogens with one attached hydrogen (secondary N) is 1. The smallest absolute Gasteiger partial charge is 0.319 e. The molecule has 6 amide bonds. The van der Waals surface area contributed by atoms with E-state index in [0.29, 0.717) is 34.8 Å². The maximum atomic E-state index is 13.9. The summed E-state index contributed by atoms with van der Waals surface area (Å²) in [6.45, 7) is 6.73. The summed E-state index contributed by atoms with van der Waals surface area (Å²) >= 11 is 0. The van der Waals surface area contributed by atoms with Crippen LogP contribution in [0.4, 0.5) is 16.3 Å². The largest absolute Gasteiger partial charge is 0.457 e. The van der Waals surface area contributed by atoms with Gasteiger partial charge in [0.2, 0.25) is 11.8 Å². The zero-order valence-corrected chi connectivity index (χ0v) is 38.9. The zero-order valence-electron chi connectivity index (χ0n) is 38.9. The van der Waals surface area contributed by atoms with Crippen molar-refractivity contribution in [1.82, 2.24) is 44.7 Å². The van der Waals surface area contributed by atoms with Gasteiger partial charge in [0, 0.05) is 69.5 Å². The van der Waals surface area contributed by atoms with Crippen LogP contribution in [0.2, 0.25) is 0 Å². The first-order valence-corrected chi connectivity index (χ1v) is 24.9. The highest BCUT2D eigenvalue weighted by Crippen LogP contribution is 2.38. The van der Waals surface area contributed by atoms with Gasteiger partial charge >= 0.3 is 6.03 Å². The molecule has 11 rings (SSSR count). The summed E-state index contributed by atoms with van der Waals surface area (Å²) in [6, 6.07) is 22.7. The van der Waals surface area contributed by atoms with Gasteiger partial charge in [0.25, 0.3) is 11.8 Å². The van der Waals surface area contributed by atoms with Crippen molar-refractivity contribution in [2.24, 2.45) is 11.8 Å². The average molecular weight is 934 g/mol. The van der Waals surface area contributed by atoms with Gasteiger partial charge in [0.1, 0.15) is 35.4 Å². The van der Waals surface area contributed by atoms with Crippen molar-refractivity contribution in [3.63, 3.8) is 0 Å². The van der Waals surface area contributed by atoms with Crippen LogP contribution in [0.1, 0.15) is 97.4 Å². The van der Waals surface area contributed by atoms with Gasteiger partial charge in [-0.1, -0.05) is 18.2 Å². The highest BCUT2D eigenvalue weighted by atomic mass is 16.5. The number of amides is 6. The van der Waals surface area contributed by atoms with Crippen molar-refractivity contribution in [2.75, 3.05) is 63.0 Å². The molecule has 0 saturated carbocycles. The van der Waals surface area contributed by atoms with Gasteiger partial charge < -0.3 is 25.2 Å². The zero-order chi connectivity index (χ0) is 47.2. The van der Waals surface area contributed by atoms with Crippen LogP contribution in [0.15, 0.2) is 79.1 Å². The minimum absolute atomic E-state index is 0.0936. The molecule has 69 heavy (non-hydrogen) atoms. The van der Waals surface area contributed by atoms with E-state index in [1.165, 1.54) is 6.33 Å². The monoisotopic (exact) mass is 933 g/mol. The predicted molar refractivity (Wildman–Crippen MR) is 258 cm³/mol. The Labute approximate surface area is 400 Å². The Morgan fingerprint density at radius 2 is 1.39 bits per heavy atom. The third-order valence-electron chi connectivity index (χ3n) is 15.6. The Morgan fingerprint density at radius 3 is 2.12 bits per heavy atom. The standard InChI is InChI=1S/C52H59N11O6/c53-47-45-46(35-8-11-40(12-9-35)69-39-6-2-1-3-7-39)57-63(48(45)55-32-54-47)38-5-4-22-61(31-38)36-20-27-60(28-21-36)52(68)59-25-18-34(19-26-59)29-33-16-23-58(24-17-33)37-10-13-41-42(30-37)51(67)62(50(41)66)43-14-15-44(64)56-49(43)65/h1-3,6-13,30,32-34,36,38,43H,4-5,14-29,31H2,(H2,53,54,55)(H,56,64,65). The van der Waals surface area contributed by atoms with Crippen molar-refractivity contribution >= 4 is 52.2 Å². The van der Waals surface area contributed by atoms with Crippen LogP contribution in [0.25, 0.3) is 22.3 Å². The van der Waals surface area contributed by atoms with E-state index in [4.69, 9.17) is 20.6 Å². The maximum Gasteiger partial charge on any atom is 0.319 e. The van der Waals surface area contributed by atoms with Gasteiger partial charge in [-0.25, -0.2) is 19.4 Å². The van der Waals surface area contributed by atoms with Gasteiger partial charge in [0.15, 0.2) is 5.65 Å². The van der Waals surface area contributed by atoms with Crippen LogP contribution in [-0.2, 0) is 9.59 Å². The Bertz CT molecular complexity index is 2760. The highest BCUT2D eigenvalue weighted by molar-refractivity contribution is 6.23. The van der Waals surface area contributed by atoms with Crippen molar-refractivity contribution < 1.29 is 28.7 Å². The second kappa shape index (κ2) is 18.9. The molecule has 17 heteroatoms. The van der Waals surface area contributed by atoms with Crippen molar-refractivity contribution in [2.45, 2.75) is 88.8 Å². The number of likely N-dealkylation sites (tertiary alicyclic amines) is 3. The number of benzene rings is 3. The summed E-state index contributed by atoms with van der Waals surface area (Å²) in [6.07, 6.45) is 11.0. The van der Waals surface area contributed by atoms with E-state index in [2.05, 4.69) is 34.6 Å². The van der Waals surface area contributed by atoms with Gasteiger partial charge in [-0.3, -0.25) is 34.3 Å². The van der Waals surface area contributed by atoms with E-state index in [9.17, 15) is 24.0 Å². The van der Waals surface area contributed by atoms with Crippen LogP contribution in [0.5, 0.6) is 11.5 Å². The molecule has 0 bridgehead atoms. The normalized spacial score (nSPS) is 22.4. The molecule has 3 aromatic carbocycles. The molecule has 5 aromatic rings. The number of hydrogen-bond acceptors (Lipinski definition) is 12. The lowest BCUT2D eigenvalue weighted by molar-refractivity contribution is -0.136. The number of urea groups is 1. The van der Waals surface area contributed by atoms with Crippen LogP contribution in [0, 0.1) is 11.8 Å². The Kier molecular flexibility index (Phi) is 12.2. The number of anilines is 2. The molecule has 17 nitrogen and oxygen atoms in total. The molecule has 0 aliphatic carbocycles. The number of piperidine rings is 5. The lowest BCUT2D eigenvalue weighted by atomic mass is 9.82.